The number of benzene rings is 1. The molecule has 1 aliphatic heterocycles. The van der Waals surface area contributed by atoms with E-state index in [1.807, 2.05) is 12.1 Å². The maximum atomic E-state index is 10.1. The van der Waals surface area contributed by atoms with E-state index in [0.29, 0.717) is 12.4 Å². The van der Waals surface area contributed by atoms with Crippen molar-refractivity contribution in [2.45, 2.75) is 19.4 Å². The van der Waals surface area contributed by atoms with Gasteiger partial charge >= 0.3 is 0 Å². The number of hydrogen-bond donors (Lipinski definition) is 2. The maximum Gasteiger partial charge on any atom is 0.163 e. The Morgan fingerprint density at radius 1 is 1.53 bits per heavy atom. The van der Waals surface area contributed by atoms with E-state index in [4.69, 9.17) is 9.47 Å². The molecule has 0 saturated carbocycles. The molecule has 1 saturated heterocycles. The molecule has 17 heavy (non-hydrogen) atoms. The summed E-state index contributed by atoms with van der Waals surface area (Å²) in [6, 6.07) is 3.87. The Kier molecular flexibility index (Phi) is 3.86. The van der Waals surface area contributed by atoms with Crippen molar-refractivity contribution in [3.63, 3.8) is 0 Å². The molecule has 94 valence electrons. The third-order valence-electron chi connectivity index (χ3n) is 3.07. The van der Waals surface area contributed by atoms with Crippen LogP contribution < -0.4 is 10.1 Å². The van der Waals surface area contributed by atoms with Gasteiger partial charge in [0.15, 0.2) is 11.5 Å². The molecule has 4 heteroatoms. The zero-order valence-corrected chi connectivity index (χ0v) is 10.3. The molecule has 1 aromatic rings. The fourth-order valence-corrected chi connectivity index (χ4v) is 2.06. The molecule has 1 heterocycles. The van der Waals surface area contributed by atoms with Gasteiger partial charge in [-0.25, -0.2) is 0 Å². The second-order valence-corrected chi connectivity index (χ2v) is 4.15. The average molecular weight is 237 g/mol. The van der Waals surface area contributed by atoms with Crippen molar-refractivity contribution in [1.82, 2.24) is 5.32 Å². The van der Waals surface area contributed by atoms with Crippen molar-refractivity contribution in [3.8, 4) is 11.5 Å². The van der Waals surface area contributed by atoms with Gasteiger partial charge in [-0.05, 0) is 24.1 Å². The summed E-state index contributed by atoms with van der Waals surface area (Å²) in [5.74, 6) is 0.715. The van der Waals surface area contributed by atoms with E-state index in [-0.39, 0.29) is 11.9 Å². The molecule has 2 rings (SSSR count). The number of morpholine rings is 1. The number of phenols is 1. The minimum absolute atomic E-state index is 0.0934. The summed E-state index contributed by atoms with van der Waals surface area (Å²) in [5, 5.41) is 13.4. The minimum Gasteiger partial charge on any atom is -0.504 e. The van der Waals surface area contributed by atoms with Gasteiger partial charge in [0.1, 0.15) is 0 Å². The molecule has 0 radical (unpaired) electrons. The summed E-state index contributed by atoms with van der Waals surface area (Å²) in [6.07, 6.45) is 0.813. The van der Waals surface area contributed by atoms with Gasteiger partial charge in [0, 0.05) is 18.7 Å². The second-order valence-electron chi connectivity index (χ2n) is 4.15. The summed E-state index contributed by atoms with van der Waals surface area (Å²) >= 11 is 0. The topological polar surface area (TPSA) is 50.7 Å². The number of phenolic OH excluding ortho intramolecular Hbond substituents is 1. The van der Waals surface area contributed by atoms with Crippen LogP contribution in [-0.4, -0.2) is 31.9 Å². The van der Waals surface area contributed by atoms with Crippen LogP contribution in [0.1, 0.15) is 24.2 Å². The Balaban J connectivity index is 2.36. The Bertz CT molecular complexity index is 386. The monoisotopic (exact) mass is 237 g/mol. The normalized spacial score (nSPS) is 20.2. The van der Waals surface area contributed by atoms with Crippen molar-refractivity contribution in [3.05, 3.63) is 23.3 Å². The van der Waals surface area contributed by atoms with E-state index in [1.165, 1.54) is 0 Å². The molecule has 1 aromatic carbocycles. The number of rotatable bonds is 3. The second kappa shape index (κ2) is 5.38. The lowest BCUT2D eigenvalue weighted by molar-refractivity contribution is 0.0260. The average Bonchev–Trinajstić information content (AvgIpc) is 2.40. The first-order chi connectivity index (χ1) is 8.26. The first-order valence-electron chi connectivity index (χ1n) is 5.98. The molecule has 4 nitrogen and oxygen atoms in total. The summed E-state index contributed by atoms with van der Waals surface area (Å²) < 4.78 is 10.9. The fourth-order valence-electron chi connectivity index (χ4n) is 2.06. The number of nitrogens with one attached hydrogen (secondary N) is 1. The van der Waals surface area contributed by atoms with Crippen LogP contribution in [0.4, 0.5) is 0 Å². The van der Waals surface area contributed by atoms with Gasteiger partial charge in [-0.15, -0.1) is 0 Å². The fraction of sp³-hybridized carbons (Fsp3) is 0.538. The summed E-state index contributed by atoms with van der Waals surface area (Å²) in [4.78, 5) is 0. The molecule has 0 spiro atoms. The van der Waals surface area contributed by atoms with Crippen molar-refractivity contribution < 1.29 is 14.6 Å². The third-order valence-corrected chi connectivity index (χ3v) is 3.07. The van der Waals surface area contributed by atoms with Crippen molar-refractivity contribution in [2.75, 3.05) is 26.8 Å². The molecule has 1 fully saturated rings. The smallest absolute Gasteiger partial charge is 0.163 e. The van der Waals surface area contributed by atoms with E-state index in [2.05, 4.69) is 12.2 Å². The van der Waals surface area contributed by atoms with Gasteiger partial charge < -0.3 is 19.9 Å². The van der Waals surface area contributed by atoms with Gasteiger partial charge in [-0.3, -0.25) is 0 Å². The molecule has 1 atom stereocenters. The number of hydrogen-bond acceptors (Lipinski definition) is 4. The van der Waals surface area contributed by atoms with E-state index >= 15 is 0 Å². The molecule has 1 aliphatic rings. The van der Waals surface area contributed by atoms with Gasteiger partial charge in [-0.2, -0.15) is 0 Å². The first kappa shape index (κ1) is 12.2. The van der Waals surface area contributed by atoms with Crippen molar-refractivity contribution in [2.24, 2.45) is 0 Å². The Labute approximate surface area is 102 Å². The van der Waals surface area contributed by atoms with Crippen LogP contribution in [0.5, 0.6) is 11.5 Å². The highest BCUT2D eigenvalue weighted by Crippen LogP contribution is 2.36. The van der Waals surface area contributed by atoms with Gasteiger partial charge in [0.25, 0.3) is 0 Å². The summed E-state index contributed by atoms with van der Waals surface area (Å²) in [6.45, 7) is 4.34. The van der Waals surface area contributed by atoms with Crippen LogP contribution in [0.15, 0.2) is 12.1 Å². The number of ether oxygens (including phenoxy) is 2. The molecular weight excluding hydrogens is 218 g/mol. The first-order valence-corrected chi connectivity index (χ1v) is 5.98. The highest BCUT2D eigenvalue weighted by atomic mass is 16.5. The minimum atomic E-state index is -0.0934. The van der Waals surface area contributed by atoms with E-state index < -0.39 is 0 Å². The molecule has 2 N–H and O–H groups in total. The van der Waals surface area contributed by atoms with Gasteiger partial charge in [0.2, 0.25) is 0 Å². The Hall–Kier alpha value is -1.26. The predicted molar refractivity (Wildman–Crippen MR) is 65.6 cm³/mol. The number of methoxy groups -OCH3 is 1. The van der Waals surface area contributed by atoms with Crippen LogP contribution in [0.3, 0.4) is 0 Å². The standard InChI is InChI=1S/C13H19NO3/c1-3-9-6-10(12-8-14-4-5-17-12)13(15)11(7-9)16-2/h6-7,12,14-15H,3-5,8H2,1-2H3. The van der Waals surface area contributed by atoms with Crippen LogP contribution in [0, 0.1) is 0 Å². The van der Waals surface area contributed by atoms with Gasteiger partial charge in [-0.1, -0.05) is 6.92 Å². The highest BCUT2D eigenvalue weighted by molar-refractivity contribution is 5.49. The van der Waals surface area contributed by atoms with Crippen molar-refractivity contribution in [1.29, 1.82) is 0 Å². The van der Waals surface area contributed by atoms with E-state index in [9.17, 15) is 5.11 Å². The molecule has 0 bridgehead atoms. The van der Waals surface area contributed by atoms with Gasteiger partial charge in [0.05, 0.1) is 19.8 Å². The van der Waals surface area contributed by atoms with Crippen LogP contribution >= 0.6 is 0 Å². The lowest BCUT2D eigenvalue weighted by Crippen LogP contribution is -2.33. The number of aryl methyl sites for hydroxylation is 1. The summed E-state index contributed by atoms with van der Waals surface area (Å²) in [5.41, 5.74) is 1.96. The zero-order valence-electron chi connectivity index (χ0n) is 10.3. The van der Waals surface area contributed by atoms with E-state index in [1.54, 1.807) is 7.11 Å². The largest absolute Gasteiger partial charge is 0.504 e. The molecule has 1 unspecified atom stereocenters. The predicted octanol–water partition coefficient (Wildman–Crippen LogP) is 1.62. The van der Waals surface area contributed by atoms with Crippen LogP contribution in [-0.2, 0) is 11.2 Å². The maximum absolute atomic E-state index is 10.1. The molecule has 0 aromatic heterocycles. The molecular formula is C13H19NO3. The highest BCUT2D eigenvalue weighted by Gasteiger charge is 2.21. The quantitative estimate of drug-likeness (QED) is 0.839. The Morgan fingerprint density at radius 3 is 2.94 bits per heavy atom. The van der Waals surface area contributed by atoms with Crippen LogP contribution in [0.25, 0.3) is 0 Å². The summed E-state index contributed by atoms with van der Waals surface area (Å²) in [7, 11) is 1.57. The lowest BCUT2D eigenvalue weighted by Gasteiger charge is -2.25. The SMILES string of the molecule is CCc1cc(OC)c(O)c(C2CNCCO2)c1. The Morgan fingerprint density at radius 2 is 2.35 bits per heavy atom. The van der Waals surface area contributed by atoms with Crippen molar-refractivity contribution >= 4 is 0 Å². The molecule has 0 amide bonds. The van der Waals surface area contributed by atoms with Crippen LogP contribution in [0.2, 0.25) is 0 Å². The zero-order chi connectivity index (χ0) is 12.3. The van der Waals surface area contributed by atoms with E-state index in [0.717, 1.165) is 30.6 Å². The number of aromatic hydroxyl groups is 1. The molecule has 0 aliphatic carbocycles. The third kappa shape index (κ3) is 2.53. The lowest BCUT2D eigenvalue weighted by atomic mass is 10.0.